The topological polar surface area (TPSA) is 114 Å². The Bertz CT molecular complexity index is 1140. The van der Waals surface area contributed by atoms with Gasteiger partial charge in [-0.1, -0.05) is 12.1 Å². The fourth-order valence-corrected chi connectivity index (χ4v) is 3.16. The SMILES string of the molecule is CN(C)CCOc1ccc(CNC(=O)n2sc3ncccc3c2=O)cc1.O=C(O)C(F)(F)F. The van der Waals surface area contributed by atoms with E-state index in [-0.39, 0.29) is 5.56 Å². The molecule has 0 aliphatic carbocycles. The van der Waals surface area contributed by atoms with Crippen LogP contribution in [-0.2, 0) is 11.3 Å². The molecule has 0 radical (unpaired) electrons. The van der Waals surface area contributed by atoms with Crippen molar-refractivity contribution in [2.45, 2.75) is 12.7 Å². The van der Waals surface area contributed by atoms with Crippen molar-refractivity contribution in [2.24, 2.45) is 0 Å². The van der Waals surface area contributed by atoms with E-state index in [4.69, 9.17) is 14.6 Å². The van der Waals surface area contributed by atoms with Gasteiger partial charge in [0.1, 0.15) is 17.2 Å². The third-order valence-electron chi connectivity index (χ3n) is 3.97. The molecule has 3 rings (SSSR count). The first kappa shape index (κ1) is 25.8. The molecular formula is C20H21F3N4O5S. The number of carbonyl (C=O) groups excluding carboxylic acids is 1. The summed E-state index contributed by atoms with van der Waals surface area (Å²) in [4.78, 5) is 40.1. The largest absolute Gasteiger partial charge is 0.492 e. The first-order chi connectivity index (χ1) is 15.5. The molecule has 3 aromatic rings. The molecule has 0 bridgehead atoms. The molecule has 2 N–H and O–H groups in total. The summed E-state index contributed by atoms with van der Waals surface area (Å²) in [7, 11) is 3.99. The van der Waals surface area contributed by atoms with E-state index in [2.05, 4.69) is 15.2 Å². The number of halogens is 3. The van der Waals surface area contributed by atoms with Gasteiger partial charge in [-0.3, -0.25) is 4.79 Å². The van der Waals surface area contributed by atoms with Crippen molar-refractivity contribution in [3.05, 3.63) is 58.5 Å². The summed E-state index contributed by atoms with van der Waals surface area (Å²) in [6, 6.07) is 10.4. The molecule has 1 aromatic carbocycles. The molecule has 0 fully saturated rings. The number of aliphatic carboxylic acids is 1. The van der Waals surface area contributed by atoms with Crippen LogP contribution in [-0.4, -0.2) is 64.4 Å². The van der Waals surface area contributed by atoms with Crippen LogP contribution in [0.1, 0.15) is 5.56 Å². The first-order valence-corrected chi connectivity index (χ1v) is 10.2. The number of alkyl halides is 3. The van der Waals surface area contributed by atoms with Crippen LogP contribution in [0.15, 0.2) is 47.4 Å². The predicted octanol–water partition coefficient (Wildman–Crippen LogP) is 2.79. The second-order valence-electron chi connectivity index (χ2n) is 6.80. The number of likely N-dealkylation sites (N-methyl/N-ethyl adjacent to an activating group) is 1. The molecule has 0 spiro atoms. The highest BCUT2D eigenvalue weighted by molar-refractivity contribution is 7.14. The molecule has 9 nitrogen and oxygen atoms in total. The minimum absolute atomic E-state index is 0.324. The number of hydrogen-bond donors (Lipinski definition) is 2. The Balaban J connectivity index is 0.000000479. The van der Waals surface area contributed by atoms with Crippen LogP contribution < -0.4 is 15.6 Å². The lowest BCUT2D eigenvalue weighted by molar-refractivity contribution is -0.192. The zero-order valence-electron chi connectivity index (χ0n) is 17.6. The number of aromatic nitrogens is 2. The van der Waals surface area contributed by atoms with Gasteiger partial charge < -0.3 is 20.1 Å². The van der Waals surface area contributed by atoms with Crippen molar-refractivity contribution in [3.63, 3.8) is 0 Å². The minimum atomic E-state index is -5.08. The number of pyridine rings is 1. The Kier molecular flexibility index (Phi) is 8.94. The third-order valence-corrected chi connectivity index (χ3v) is 4.98. The van der Waals surface area contributed by atoms with Crippen LogP contribution in [0.5, 0.6) is 5.75 Å². The second-order valence-corrected chi connectivity index (χ2v) is 7.74. The molecule has 0 unspecified atom stereocenters. The first-order valence-electron chi connectivity index (χ1n) is 9.41. The summed E-state index contributed by atoms with van der Waals surface area (Å²) in [6.45, 7) is 1.79. The summed E-state index contributed by atoms with van der Waals surface area (Å²) in [5.41, 5.74) is 0.575. The fourth-order valence-electron chi connectivity index (χ4n) is 2.30. The normalized spacial score (nSPS) is 11.1. The molecule has 2 aromatic heterocycles. The molecule has 33 heavy (non-hydrogen) atoms. The summed E-state index contributed by atoms with van der Waals surface area (Å²) >= 11 is 1.04. The van der Waals surface area contributed by atoms with Gasteiger partial charge in [0, 0.05) is 19.3 Å². The van der Waals surface area contributed by atoms with Crippen molar-refractivity contribution in [1.82, 2.24) is 19.2 Å². The van der Waals surface area contributed by atoms with Crippen molar-refractivity contribution >= 4 is 33.7 Å². The highest BCUT2D eigenvalue weighted by atomic mass is 32.1. The molecule has 0 aliphatic heterocycles. The molecule has 178 valence electrons. The highest BCUT2D eigenvalue weighted by Gasteiger charge is 2.38. The van der Waals surface area contributed by atoms with Gasteiger partial charge in [-0.25, -0.2) is 14.6 Å². The Labute approximate surface area is 190 Å². The van der Waals surface area contributed by atoms with Gasteiger partial charge in [0.15, 0.2) is 0 Å². The van der Waals surface area contributed by atoms with Crippen LogP contribution >= 0.6 is 11.5 Å². The Morgan fingerprint density at radius 1 is 1.21 bits per heavy atom. The number of nitrogens with zero attached hydrogens (tertiary/aromatic N) is 3. The number of hydrogen-bond acceptors (Lipinski definition) is 7. The van der Waals surface area contributed by atoms with E-state index in [0.29, 0.717) is 23.4 Å². The Morgan fingerprint density at radius 3 is 2.39 bits per heavy atom. The van der Waals surface area contributed by atoms with Gasteiger partial charge >= 0.3 is 18.2 Å². The number of rotatable bonds is 6. The van der Waals surface area contributed by atoms with E-state index in [0.717, 1.165) is 33.3 Å². The number of fused-ring (bicyclic) bond motifs is 1. The molecule has 13 heteroatoms. The van der Waals surface area contributed by atoms with Gasteiger partial charge in [-0.2, -0.15) is 17.1 Å². The van der Waals surface area contributed by atoms with Crippen LogP contribution in [0.25, 0.3) is 10.2 Å². The number of carbonyl (C=O) groups is 2. The monoisotopic (exact) mass is 486 g/mol. The van der Waals surface area contributed by atoms with Crippen molar-refractivity contribution in [3.8, 4) is 5.75 Å². The standard InChI is InChI=1S/C18H20N4O3S.C2HF3O2/c1-21(2)10-11-25-14-7-5-13(6-8-14)12-20-18(24)22-17(23)15-4-3-9-19-16(15)26-22;3-2(4,5)1(6)7/h3-9H,10-12H2,1-2H3,(H,20,24);(H,6,7). The number of carboxylic acid groups (broad SMARTS) is 1. The van der Waals surface area contributed by atoms with E-state index < -0.39 is 18.2 Å². The van der Waals surface area contributed by atoms with Gasteiger partial charge in [0.2, 0.25) is 0 Å². The van der Waals surface area contributed by atoms with Gasteiger partial charge in [0.05, 0.1) is 5.39 Å². The van der Waals surface area contributed by atoms with Gasteiger partial charge in [-0.15, -0.1) is 0 Å². The van der Waals surface area contributed by atoms with E-state index in [1.54, 1.807) is 18.3 Å². The lowest BCUT2D eigenvalue weighted by Gasteiger charge is -2.11. The number of nitrogens with one attached hydrogen (secondary N) is 1. The lowest BCUT2D eigenvalue weighted by Crippen LogP contribution is -2.32. The number of carboxylic acids is 1. The van der Waals surface area contributed by atoms with Gasteiger partial charge in [-0.05, 0) is 55.5 Å². The lowest BCUT2D eigenvalue weighted by atomic mass is 10.2. The number of ether oxygens (including phenoxy) is 1. The molecular weight excluding hydrogens is 465 g/mol. The quantitative estimate of drug-likeness (QED) is 0.551. The zero-order chi connectivity index (χ0) is 24.6. The Morgan fingerprint density at radius 2 is 1.85 bits per heavy atom. The summed E-state index contributed by atoms with van der Waals surface area (Å²) in [5, 5.41) is 10.3. The molecule has 0 saturated carbocycles. The summed E-state index contributed by atoms with van der Waals surface area (Å²) in [6.07, 6.45) is -3.48. The fraction of sp³-hybridized carbons (Fsp3) is 0.300. The van der Waals surface area contributed by atoms with Crippen LogP contribution in [0.3, 0.4) is 0 Å². The third kappa shape index (κ3) is 7.88. The summed E-state index contributed by atoms with van der Waals surface area (Å²) in [5.74, 6) is -1.97. The second kappa shape index (κ2) is 11.4. The maximum atomic E-state index is 12.3. The van der Waals surface area contributed by atoms with Crippen molar-refractivity contribution < 1.29 is 32.6 Å². The average molecular weight is 486 g/mol. The average Bonchev–Trinajstić information content (AvgIpc) is 3.09. The van der Waals surface area contributed by atoms with Crippen LogP contribution in [0.2, 0.25) is 0 Å². The summed E-state index contributed by atoms with van der Waals surface area (Å²) < 4.78 is 38.5. The highest BCUT2D eigenvalue weighted by Crippen LogP contribution is 2.14. The zero-order valence-corrected chi connectivity index (χ0v) is 18.4. The number of amides is 1. The maximum absolute atomic E-state index is 12.3. The van der Waals surface area contributed by atoms with E-state index in [1.165, 1.54) is 0 Å². The van der Waals surface area contributed by atoms with Gasteiger partial charge in [0.25, 0.3) is 5.56 Å². The molecule has 2 heterocycles. The minimum Gasteiger partial charge on any atom is -0.492 e. The predicted molar refractivity (Wildman–Crippen MR) is 116 cm³/mol. The van der Waals surface area contributed by atoms with E-state index in [1.807, 2.05) is 38.4 Å². The molecule has 0 aliphatic rings. The molecule has 0 atom stereocenters. The maximum Gasteiger partial charge on any atom is 0.490 e. The molecule has 0 saturated heterocycles. The van der Waals surface area contributed by atoms with Crippen molar-refractivity contribution in [1.29, 1.82) is 0 Å². The van der Waals surface area contributed by atoms with E-state index >= 15 is 0 Å². The molecule has 1 amide bonds. The smallest absolute Gasteiger partial charge is 0.490 e. The van der Waals surface area contributed by atoms with Crippen LogP contribution in [0, 0.1) is 0 Å². The van der Waals surface area contributed by atoms with Crippen molar-refractivity contribution in [2.75, 3.05) is 27.2 Å². The van der Waals surface area contributed by atoms with Crippen LogP contribution in [0.4, 0.5) is 18.0 Å². The van der Waals surface area contributed by atoms with E-state index in [9.17, 15) is 22.8 Å². The number of benzene rings is 1. The Hall–Kier alpha value is -3.45.